The molecule has 2 rings (SSSR count). The van der Waals surface area contributed by atoms with Crippen LogP contribution >= 0.6 is 0 Å². The molecule has 134 valence electrons. The molecule has 0 aliphatic carbocycles. The molecule has 2 aromatic carbocycles. The number of alkyl carbamates (subject to hydrolysis) is 1. The van der Waals surface area contributed by atoms with Gasteiger partial charge in [-0.15, -0.1) is 0 Å². The van der Waals surface area contributed by atoms with Crippen molar-refractivity contribution in [2.75, 3.05) is 0 Å². The van der Waals surface area contributed by atoms with Gasteiger partial charge in [0.25, 0.3) is 0 Å². The van der Waals surface area contributed by atoms with E-state index >= 15 is 0 Å². The maximum absolute atomic E-state index is 11.8. The smallest absolute Gasteiger partial charge is 0.407 e. The van der Waals surface area contributed by atoms with Gasteiger partial charge in [-0.2, -0.15) is 0 Å². The van der Waals surface area contributed by atoms with E-state index in [0.717, 1.165) is 23.3 Å². The summed E-state index contributed by atoms with van der Waals surface area (Å²) in [4.78, 5) is 11.8. The molecule has 0 unspecified atom stereocenters. The maximum Gasteiger partial charge on any atom is 0.407 e. The van der Waals surface area contributed by atoms with Crippen LogP contribution < -0.4 is 10.1 Å². The first-order valence-corrected chi connectivity index (χ1v) is 8.57. The van der Waals surface area contributed by atoms with Crippen LogP contribution in [-0.2, 0) is 17.8 Å². The van der Waals surface area contributed by atoms with Crippen molar-refractivity contribution in [3.8, 4) is 5.75 Å². The largest absolute Gasteiger partial charge is 0.489 e. The summed E-state index contributed by atoms with van der Waals surface area (Å²) in [5, 5.41) is 2.85. The molecular formula is C21H27NO3. The van der Waals surface area contributed by atoms with Gasteiger partial charge in [0.2, 0.25) is 0 Å². The lowest BCUT2D eigenvalue weighted by atomic mass is 10.1. The van der Waals surface area contributed by atoms with Gasteiger partial charge in [-0.1, -0.05) is 42.5 Å². The van der Waals surface area contributed by atoms with Gasteiger partial charge >= 0.3 is 6.09 Å². The number of ether oxygens (including phenoxy) is 2. The molecule has 1 amide bonds. The lowest BCUT2D eigenvalue weighted by molar-refractivity contribution is 0.0508. The van der Waals surface area contributed by atoms with Gasteiger partial charge in [-0.05, 0) is 57.4 Å². The highest BCUT2D eigenvalue weighted by molar-refractivity contribution is 5.68. The summed E-state index contributed by atoms with van der Waals surface area (Å²) < 4.78 is 11.1. The van der Waals surface area contributed by atoms with E-state index < -0.39 is 5.60 Å². The first kappa shape index (κ1) is 18.8. The molecule has 0 bridgehead atoms. The van der Waals surface area contributed by atoms with Crippen molar-refractivity contribution >= 4 is 6.09 Å². The van der Waals surface area contributed by atoms with Gasteiger partial charge in [-0.3, -0.25) is 0 Å². The Morgan fingerprint density at radius 2 is 1.64 bits per heavy atom. The molecule has 0 aromatic heterocycles. The molecule has 0 aliphatic heterocycles. The zero-order valence-electron chi connectivity index (χ0n) is 15.4. The molecule has 0 aliphatic rings. The molecule has 4 heteroatoms. The molecular weight excluding hydrogens is 314 g/mol. The van der Waals surface area contributed by atoms with Gasteiger partial charge in [0.15, 0.2) is 0 Å². The normalized spacial score (nSPS) is 12.3. The summed E-state index contributed by atoms with van der Waals surface area (Å²) >= 11 is 0. The topological polar surface area (TPSA) is 47.6 Å². The fourth-order valence-corrected chi connectivity index (χ4v) is 2.38. The van der Waals surface area contributed by atoms with Crippen LogP contribution in [0.25, 0.3) is 0 Å². The van der Waals surface area contributed by atoms with E-state index in [0.29, 0.717) is 6.61 Å². The first-order chi connectivity index (χ1) is 11.8. The van der Waals surface area contributed by atoms with Gasteiger partial charge in [-0.25, -0.2) is 4.79 Å². The van der Waals surface area contributed by atoms with Gasteiger partial charge in [0, 0.05) is 6.04 Å². The summed E-state index contributed by atoms with van der Waals surface area (Å²) in [7, 11) is 0. The number of benzene rings is 2. The Labute approximate surface area is 150 Å². The van der Waals surface area contributed by atoms with Crippen LogP contribution in [0.15, 0.2) is 54.6 Å². The van der Waals surface area contributed by atoms with Crippen LogP contribution in [0.2, 0.25) is 0 Å². The molecule has 1 atom stereocenters. The van der Waals surface area contributed by atoms with Crippen molar-refractivity contribution in [2.24, 2.45) is 0 Å². The van der Waals surface area contributed by atoms with Crippen LogP contribution in [0.4, 0.5) is 4.79 Å². The molecule has 25 heavy (non-hydrogen) atoms. The lowest BCUT2D eigenvalue weighted by Crippen LogP contribution is -2.38. The second-order valence-corrected chi connectivity index (χ2v) is 7.17. The molecule has 4 nitrogen and oxygen atoms in total. The highest BCUT2D eigenvalue weighted by atomic mass is 16.6. The van der Waals surface area contributed by atoms with Crippen molar-refractivity contribution in [3.05, 3.63) is 65.7 Å². The number of nitrogens with one attached hydrogen (secondary N) is 1. The quantitative estimate of drug-likeness (QED) is 0.827. The third-order valence-electron chi connectivity index (χ3n) is 3.48. The standard InChI is InChI=1S/C21H27NO3/c1-16(22-20(23)25-21(2,3)4)14-17-10-12-19(13-11-17)24-15-18-8-6-5-7-9-18/h5-13,16H,14-15H2,1-4H3,(H,22,23)/t16-/m1/s1. The zero-order chi connectivity index (χ0) is 18.3. The molecule has 0 fully saturated rings. The summed E-state index contributed by atoms with van der Waals surface area (Å²) in [6.45, 7) is 8.07. The van der Waals surface area contributed by atoms with Gasteiger partial charge < -0.3 is 14.8 Å². The van der Waals surface area contributed by atoms with Crippen molar-refractivity contribution in [1.82, 2.24) is 5.32 Å². The fourth-order valence-electron chi connectivity index (χ4n) is 2.38. The Balaban J connectivity index is 1.80. The number of carbonyl (C=O) groups excluding carboxylic acids is 1. The number of hydrogen-bond donors (Lipinski definition) is 1. The second kappa shape index (κ2) is 8.56. The maximum atomic E-state index is 11.8. The van der Waals surface area contributed by atoms with E-state index in [1.807, 2.05) is 82.3 Å². The van der Waals surface area contributed by atoms with E-state index in [-0.39, 0.29) is 12.1 Å². The number of rotatable bonds is 6. The van der Waals surface area contributed by atoms with Crippen molar-refractivity contribution in [1.29, 1.82) is 0 Å². The summed E-state index contributed by atoms with van der Waals surface area (Å²) in [5.74, 6) is 0.834. The zero-order valence-corrected chi connectivity index (χ0v) is 15.4. The number of amides is 1. The highest BCUT2D eigenvalue weighted by Crippen LogP contribution is 2.15. The predicted octanol–water partition coefficient (Wildman–Crippen LogP) is 4.72. The lowest BCUT2D eigenvalue weighted by Gasteiger charge is -2.22. The third-order valence-corrected chi connectivity index (χ3v) is 3.48. The summed E-state index contributed by atoms with van der Waals surface area (Å²) in [5.41, 5.74) is 1.79. The third kappa shape index (κ3) is 7.29. The van der Waals surface area contributed by atoms with E-state index in [9.17, 15) is 4.79 Å². The van der Waals surface area contributed by atoms with Crippen molar-refractivity contribution in [2.45, 2.75) is 52.4 Å². The monoisotopic (exact) mass is 341 g/mol. The number of hydrogen-bond acceptors (Lipinski definition) is 3. The minimum absolute atomic E-state index is 0.00839. The van der Waals surface area contributed by atoms with Crippen LogP contribution in [0.3, 0.4) is 0 Å². The Morgan fingerprint density at radius 1 is 1.00 bits per heavy atom. The Hall–Kier alpha value is -2.49. The van der Waals surface area contributed by atoms with Crippen LogP contribution in [0.1, 0.15) is 38.8 Å². The summed E-state index contributed by atoms with van der Waals surface area (Å²) in [6.07, 6.45) is 0.348. The molecule has 2 aromatic rings. The molecule has 0 spiro atoms. The second-order valence-electron chi connectivity index (χ2n) is 7.17. The van der Waals surface area contributed by atoms with Gasteiger partial charge in [0.1, 0.15) is 18.0 Å². The minimum atomic E-state index is -0.485. The van der Waals surface area contributed by atoms with E-state index in [1.54, 1.807) is 0 Å². The SMILES string of the molecule is C[C@H](Cc1ccc(OCc2ccccc2)cc1)NC(=O)OC(C)(C)C. The predicted molar refractivity (Wildman–Crippen MR) is 99.8 cm³/mol. The molecule has 0 heterocycles. The van der Waals surface area contributed by atoms with E-state index in [1.165, 1.54) is 0 Å². The van der Waals surface area contributed by atoms with Crippen LogP contribution in [0, 0.1) is 0 Å². The van der Waals surface area contributed by atoms with E-state index in [4.69, 9.17) is 9.47 Å². The average Bonchev–Trinajstić information content (AvgIpc) is 2.53. The van der Waals surface area contributed by atoms with Gasteiger partial charge in [0.05, 0.1) is 0 Å². The Morgan fingerprint density at radius 3 is 2.24 bits per heavy atom. The van der Waals surface area contributed by atoms with Crippen molar-refractivity contribution in [3.63, 3.8) is 0 Å². The van der Waals surface area contributed by atoms with E-state index in [2.05, 4.69) is 5.32 Å². The Kier molecular flexibility index (Phi) is 6.45. The molecule has 0 radical (unpaired) electrons. The fraction of sp³-hybridized carbons (Fsp3) is 0.381. The average molecular weight is 341 g/mol. The summed E-state index contributed by atoms with van der Waals surface area (Å²) in [6, 6.07) is 18.0. The highest BCUT2D eigenvalue weighted by Gasteiger charge is 2.17. The minimum Gasteiger partial charge on any atom is -0.489 e. The van der Waals surface area contributed by atoms with Crippen LogP contribution in [-0.4, -0.2) is 17.7 Å². The van der Waals surface area contributed by atoms with Crippen LogP contribution in [0.5, 0.6) is 5.75 Å². The molecule has 0 saturated carbocycles. The first-order valence-electron chi connectivity index (χ1n) is 8.57. The Bertz CT molecular complexity index is 660. The van der Waals surface area contributed by atoms with Crippen molar-refractivity contribution < 1.29 is 14.3 Å². The number of carbonyl (C=O) groups is 1. The molecule has 0 saturated heterocycles. The molecule has 1 N–H and O–H groups in total.